The number of fused-ring (bicyclic) bond motifs is 1. The summed E-state index contributed by atoms with van der Waals surface area (Å²) in [4.78, 5) is 0. The van der Waals surface area contributed by atoms with Crippen molar-refractivity contribution in [1.82, 2.24) is 0 Å². The van der Waals surface area contributed by atoms with Crippen LogP contribution in [0.4, 0.5) is 0 Å². The number of rotatable bonds is 7. The van der Waals surface area contributed by atoms with Gasteiger partial charge in [-0.3, -0.25) is 0 Å². The van der Waals surface area contributed by atoms with Gasteiger partial charge in [-0.25, -0.2) is 0 Å². The van der Waals surface area contributed by atoms with Crippen LogP contribution in [-0.4, -0.2) is 50.0 Å². The summed E-state index contributed by atoms with van der Waals surface area (Å²) in [5, 5.41) is 0. The Morgan fingerprint density at radius 1 is 1.20 bits per heavy atom. The molecule has 25 heavy (non-hydrogen) atoms. The highest BCUT2D eigenvalue weighted by molar-refractivity contribution is 7.44. The van der Waals surface area contributed by atoms with Gasteiger partial charge < -0.3 is 23.7 Å². The van der Waals surface area contributed by atoms with Crippen molar-refractivity contribution < 1.29 is 28.2 Å². The zero-order valence-electron chi connectivity index (χ0n) is 15.1. The SMILES string of the molecule is CO[C@@H]1O[C@H](CC(OCc2ccccc2)[P+](C)=O)[C@H]2OC(C)(C)O[C@@H]12. The first-order chi connectivity index (χ1) is 11.9. The van der Waals surface area contributed by atoms with Gasteiger partial charge in [-0.05, 0) is 19.4 Å². The quantitative estimate of drug-likeness (QED) is 0.688. The van der Waals surface area contributed by atoms with E-state index in [2.05, 4.69) is 0 Å². The van der Waals surface area contributed by atoms with E-state index in [1.54, 1.807) is 13.8 Å². The van der Waals surface area contributed by atoms with Gasteiger partial charge in [-0.15, -0.1) is 0 Å². The lowest BCUT2D eigenvalue weighted by atomic mass is 10.1. The summed E-state index contributed by atoms with van der Waals surface area (Å²) in [6, 6.07) is 9.84. The summed E-state index contributed by atoms with van der Waals surface area (Å²) in [6.07, 6.45) is -0.830. The van der Waals surface area contributed by atoms with Gasteiger partial charge in [-0.2, -0.15) is 0 Å². The minimum Gasteiger partial charge on any atom is -0.353 e. The Morgan fingerprint density at radius 2 is 1.88 bits per heavy atom. The van der Waals surface area contributed by atoms with Crippen molar-refractivity contribution in [1.29, 1.82) is 0 Å². The van der Waals surface area contributed by atoms with Gasteiger partial charge >= 0.3 is 7.80 Å². The normalized spacial score (nSPS) is 32.4. The van der Waals surface area contributed by atoms with Gasteiger partial charge in [0.1, 0.15) is 18.9 Å². The fourth-order valence-electron chi connectivity index (χ4n) is 3.31. The van der Waals surface area contributed by atoms with Crippen molar-refractivity contribution in [2.75, 3.05) is 13.8 Å². The highest BCUT2D eigenvalue weighted by Crippen LogP contribution is 2.42. The molecule has 0 aliphatic carbocycles. The molecule has 1 aromatic carbocycles. The second kappa shape index (κ2) is 7.78. The van der Waals surface area contributed by atoms with Gasteiger partial charge in [0.15, 0.2) is 12.1 Å². The van der Waals surface area contributed by atoms with Gasteiger partial charge in [0.25, 0.3) is 5.85 Å². The van der Waals surface area contributed by atoms with Crippen LogP contribution in [-0.2, 0) is 34.9 Å². The molecule has 6 atom stereocenters. The Morgan fingerprint density at radius 3 is 2.52 bits per heavy atom. The van der Waals surface area contributed by atoms with Crippen LogP contribution in [0.5, 0.6) is 0 Å². The molecule has 2 aliphatic heterocycles. The maximum absolute atomic E-state index is 12.2. The third-order valence-electron chi connectivity index (χ3n) is 4.46. The Bertz CT molecular complexity index is 592. The van der Waals surface area contributed by atoms with Gasteiger partial charge in [0.2, 0.25) is 0 Å². The molecule has 0 N–H and O–H groups in total. The standard InChI is InChI=1S/C18H26O6P/c1-18(2)23-15-13(22-17(20-3)16(15)24-18)10-14(25(4)19)21-11-12-8-6-5-7-9-12/h5-9,13-17H,10-11H2,1-4H3/q+1/t13-,14?,15-,16-,17-/m1/s1. The summed E-state index contributed by atoms with van der Waals surface area (Å²) in [7, 11) is 0.0598. The Labute approximate surface area is 149 Å². The lowest BCUT2D eigenvalue weighted by molar-refractivity contribution is -0.229. The molecule has 6 nitrogen and oxygen atoms in total. The summed E-state index contributed by atoms with van der Waals surface area (Å²) >= 11 is 0. The predicted molar refractivity (Wildman–Crippen MR) is 92.7 cm³/mol. The molecule has 2 unspecified atom stereocenters. The second-order valence-corrected chi connectivity index (χ2v) is 8.54. The summed E-state index contributed by atoms with van der Waals surface area (Å²) in [5.41, 5.74) is 1.05. The number of benzene rings is 1. The average Bonchev–Trinajstić information content (AvgIpc) is 3.05. The Kier molecular flexibility index (Phi) is 5.88. The highest BCUT2D eigenvalue weighted by atomic mass is 31.1. The maximum atomic E-state index is 12.2. The van der Waals surface area contributed by atoms with Crippen molar-refractivity contribution >= 4 is 7.80 Å². The van der Waals surface area contributed by atoms with Crippen molar-refractivity contribution in [3.63, 3.8) is 0 Å². The summed E-state index contributed by atoms with van der Waals surface area (Å²) in [5.74, 6) is -1.09. The fraction of sp³-hybridized carbons (Fsp3) is 0.667. The van der Waals surface area contributed by atoms with E-state index in [4.69, 9.17) is 23.7 Å². The van der Waals surface area contributed by atoms with E-state index < -0.39 is 25.7 Å². The average molecular weight is 369 g/mol. The van der Waals surface area contributed by atoms with Crippen LogP contribution < -0.4 is 0 Å². The molecule has 0 bridgehead atoms. The maximum Gasteiger partial charge on any atom is 0.367 e. The van der Waals surface area contributed by atoms with E-state index in [9.17, 15) is 4.57 Å². The van der Waals surface area contributed by atoms with Crippen molar-refractivity contribution in [3.8, 4) is 0 Å². The van der Waals surface area contributed by atoms with E-state index >= 15 is 0 Å². The van der Waals surface area contributed by atoms with Crippen LogP contribution >= 0.6 is 7.80 Å². The molecule has 3 rings (SSSR count). The van der Waals surface area contributed by atoms with Crippen LogP contribution in [0.1, 0.15) is 25.8 Å². The molecule has 2 aliphatic rings. The lowest BCUT2D eigenvalue weighted by Gasteiger charge is -2.24. The van der Waals surface area contributed by atoms with Crippen LogP contribution in [0.15, 0.2) is 30.3 Å². The van der Waals surface area contributed by atoms with Crippen LogP contribution in [0.3, 0.4) is 0 Å². The molecule has 7 heteroatoms. The monoisotopic (exact) mass is 369 g/mol. The van der Waals surface area contributed by atoms with Crippen LogP contribution in [0, 0.1) is 0 Å². The number of hydrogen-bond donors (Lipinski definition) is 0. The van der Waals surface area contributed by atoms with E-state index in [1.807, 2.05) is 44.2 Å². The smallest absolute Gasteiger partial charge is 0.353 e. The molecule has 1 aromatic rings. The molecule has 2 heterocycles. The van der Waals surface area contributed by atoms with Gasteiger partial charge in [-0.1, -0.05) is 34.9 Å². The molecule has 2 saturated heterocycles. The molecule has 0 saturated carbocycles. The predicted octanol–water partition coefficient (Wildman–Crippen LogP) is 3.27. The van der Waals surface area contributed by atoms with Gasteiger partial charge in [0.05, 0.1) is 12.7 Å². The first kappa shape index (κ1) is 18.9. The highest BCUT2D eigenvalue weighted by Gasteiger charge is 2.56. The van der Waals surface area contributed by atoms with Crippen molar-refractivity contribution in [2.45, 2.75) is 63.1 Å². The molecule has 138 valence electrons. The minimum atomic E-state index is -1.53. The molecule has 2 fully saturated rings. The van der Waals surface area contributed by atoms with Gasteiger partial charge in [0, 0.05) is 13.5 Å². The fourth-order valence-corrected chi connectivity index (χ4v) is 4.10. The second-order valence-electron chi connectivity index (χ2n) is 6.88. The van der Waals surface area contributed by atoms with Crippen LogP contribution in [0.25, 0.3) is 0 Å². The van der Waals surface area contributed by atoms with E-state index in [0.29, 0.717) is 13.0 Å². The van der Waals surface area contributed by atoms with E-state index in [-0.39, 0.29) is 18.3 Å². The summed E-state index contributed by atoms with van der Waals surface area (Å²) < 4.78 is 41.3. The molecule has 0 radical (unpaired) electrons. The lowest BCUT2D eigenvalue weighted by Crippen LogP contribution is -2.32. The van der Waals surface area contributed by atoms with Crippen molar-refractivity contribution in [2.24, 2.45) is 0 Å². The Hall–Kier alpha value is -0.880. The van der Waals surface area contributed by atoms with Crippen LogP contribution in [0.2, 0.25) is 0 Å². The third kappa shape index (κ3) is 4.45. The zero-order valence-corrected chi connectivity index (χ0v) is 16.0. The Balaban J connectivity index is 1.64. The minimum absolute atomic E-state index is 0.252. The number of ether oxygens (including phenoxy) is 5. The number of hydrogen-bond acceptors (Lipinski definition) is 6. The third-order valence-corrected chi connectivity index (χ3v) is 5.64. The molecule has 0 amide bonds. The zero-order chi connectivity index (χ0) is 18.0. The van der Waals surface area contributed by atoms with E-state index in [0.717, 1.165) is 5.56 Å². The number of methoxy groups -OCH3 is 1. The van der Waals surface area contributed by atoms with Crippen molar-refractivity contribution in [3.05, 3.63) is 35.9 Å². The first-order valence-electron chi connectivity index (χ1n) is 8.49. The summed E-state index contributed by atoms with van der Waals surface area (Å²) in [6.45, 7) is 5.84. The molecule has 0 spiro atoms. The topological polar surface area (TPSA) is 63.2 Å². The molecular formula is C18H26O6P+. The molecular weight excluding hydrogens is 343 g/mol. The first-order valence-corrected chi connectivity index (χ1v) is 10.3. The largest absolute Gasteiger partial charge is 0.367 e. The van der Waals surface area contributed by atoms with E-state index in [1.165, 1.54) is 0 Å². The molecule has 0 aromatic heterocycles.